The zero-order valence-corrected chi connectivity index (χ0v) is 12.4. The van der Waals surface area contributed by atoms with E-state index in [9.17, 15) is 0 Å². The highest BCUT2D eigenvalue weighted by atomic mass is 16.5. The Morgan fingerprint density at radius 3 is 2.81 bits per heavy atom. The van der Waals surface area contributed by atoms with E-state index in [-0.39, 0.29) is 0 Å². The van der Waals surface area contributed by atoms with Crippen LogP contribution in [0.25, 0.3) is 0 Å². The lowest BCUT2D eigenvalue weighted by Crippen LogP contribution is -2.44. The van der Waals surface area contributed by atoms with E-state index >= 15 is 0 Å². The quantitative estimate of drug-likeness (QED) is 0.941. The fourth-order valence-electron chi connectivity index (χ4n) is 3.38. The molecule has 1 N–H and O–H groups in total. The van der Waals surface area contributed by atoms with Crippen molar-refractivity contribution in [1.29, 1.82) is 0 Å². The average Bonchev–Trinajstić information content (AvgIpc) is 2.95. The predicted octanol–water partition coefficient (Wildman–Crippen LogP) is 2.67. The third-order valence-corrected chi connectivity index (χ3v) is 5.08. The van der Waals surface area contributed by atoms with Crippen molar-refractivity contribution in [3.05, 3.63) is 47.1 Å². The molecule has 0 spiro atoms. The maximum absolute atomic E-state index is 5.54. The van der Waals surface area contributed by atoms with Crippen molar-refractivity contribution >= 4 is 0 Å². The van der Waals surface area contributed by atoms with Crippen LogP contribution >= 0.6 is 0 Å². The lowest BCUT2D eigenvalue weighted by molar-refractivity contribution is 0.252. The molecule has 0 bridgehead atoms. The Labute approximate surface area is 124 Å². The summed E-state index contributed by atoms with van der Waals surface area (Å²) in [5, 5.41) is 7.57. The molecule has 21 heavy (non-hydrogen) atoms. The van der Waals surface area contributed by atoms with Gasteiger partial charge in [-0.15, -0.1) is 0 Å². The minimum absolute atomic E-state index is 0.364. The standard InChI is InChI=1S/C17H21N3O/c1-11(15-9-18-10-15)17-19-16(20-21-17)14-7-6-12-4-2-3-5-13(12)8-14/h2-5,11,14-15,18H,6-10H2,1H3. The number of aryl methyl sites for hydroxylation is 1. The Morgan fingerprint density at radius 2 is 2.05 bits per heavy atom. The van der Waals surface area contributed by atoms with Crippen LogP contribution in [0.15, 0.2) is 28.8 Å². The van der Waals surface area contributed by atoms with Crippen molar-refractivity contribution in [2.24, 2.45) is 5.92 Å². The minimum Gasteiger partial charge on any atom is -0.339 e. The number of fused-ring (bicyclic) bond motifs is 1. The minimum atomic E-state index is 0.364. The highest BCUT2D eigenvalue weighted by molar-refractivity contribution is 5.31. The number of nitrogens with zero attached hydrogens (tertiary/aromatic N) is 2. The van der Waals surface area contributed by atoms with Crippen LogP contribution < -0.4 is 5.32 Å². The molecule has 4 heteroatoms. The van der Waals surface area contributed by atoms with Gasteiger partial charge < -0.3 is 9.84 Å². The number of nitrogens with one attached hydrogen (secondary N) is 1. The first-order valence-corrected chi connectivity index (χ1v) is 7.92. The molecular formula is C17H21N3O. The third-order valence-electron chi connectivity index (χ3n) is 5.08. The van der Waals surface area contributed by atoms with Crippen molar-refractivity contribution in [2.75, 3.05) is 13.1 Å². The summed E-state index contributed by atoms with van der Waals surface area (Å²) in [6, 6.07) is 8.71. The molecule has 1 aliphatic heterocycles. The zero-order valence-electron chi connectivity index (χ0n) is 12.4. The summed E-state index contributed by atoms with van der Waals surface area (Å²) in [6.45, 7) is 4.32. The summed E-state index contributed by atoms with van der Waals surface area (Å²) in [5.41, 5.74) is 2.92. The SMILES string of the molecule is CC(c1nc(C2CCc3ccccc3C2)no1)C1CNC1. The molecule has 1 aromatic carbocycles. The molecule has 2 aliphatic rings. The molecule has 0 amide bonds. The number of rotatable bonds is 3. The first-order valence-electron chi connectivity index (χ1n) is 7.92. The molecule has 110 valence electrons. The Balaban J connectivity index is 1.51. The van der Waals surface area contributed by atoms with Crippen molar-refractivity contribution in [3.8, 4) is 0 Å². The van der Waals surface area contributed by atoms with Gasteiger partial charge in [0.05, 0.1) is 0 Å². The van der Waals surface area contributed by atoms with E-state index in [0.717, 1.165) is 44.1 Å². The van der Waals surface area contributed by atoms with Crippen LogP contribution in [0.2, 0.25) is 0 Å². The van der Waals surface area contributed by atoms with Gasteiger partial charge in [0.2, 0.25) is 5.89 Å². The van der Waals surface area contributed by atoms with Gasteiger partial charge in [0.15, 0.2) is 5.82 Å². The second-order valence-electron chi connectivity index (χ2n) is 6.41. The van der Waals surface area contributed by atoms with Crippen molar-refractivity contribution in [3.63, 3.8) is 0 Å². The van der Waals surface area contributed by atoms with E-state index in [1.807, 2.05) is 0 Å². The maximum atomic E-state index is 5.54. The topological polar surface area (TPSA) is 51.0 Å². The van der Waals surface area contributed by atoms with Crippen LogP contribution in [0.5, 0.6) is 0 Å². The van der Waals surface area contributed by atoms with Crippen LogP contribution in [-0.4, -0.2) is 23.2 Å². The fraction of sp³-hybridized carbons (Fsp3) is 0.529. The van der Waals surface area contributed by atoms with E-state index in [1.165, 1.54) is 11.1 Å². The van der Waals surface area contributed by atoms with E-state index in [2.05, 4.69) is 41.7 Å². The first kappa shape index (κ1) is 13.0. The van der Waals surface area contributed by atoms with Gasteiger partial charge >= 0.3 is 0 Å². The van der Waals surface area contributed by atoms with E-state index < -0.39 is 0 Å². The van der Waals surface area contributed by atoms with Crippen LogP contribution in [0.4, 0.5) is 0 Å². The molecule has 2 atom stereocenters. The zero-order chi connectivity index (χ0) is 14.2. The second-order valence-corrected chi connectivity index (χ2v) is 6.41. The van der Waals surface area contributed by atoms with Gasteiger partial charge in [-0.25, -0.2) is 0 Å². The lowest BCUT2D eigenvalue weighted by Gasteiger charge is -2.30. The number of hydrogen-bond acceptors (Lipinski definition) is 4. The molecule has 1 aliphatic carbocycles. The molecule has 0 saturated carbocycles. The molecule has 2 aromatic rings. The van der Waals surface area contributed by atoms with Gasteiger partial charge in [-0.3, -0.25) is 0 Å². The van der Waals surface area contributed by atoms with Crippen LogP contribution in [0.1, 0.15) is 48.0 Å². The summed E-state index contributed by atoms with van der Waals surface area (Å²) < 4.78 is 5.54. The molecular weight excluding hydrogens is 262 g/mol. The van der Waals surface area contributed by atoms with Gasteiger partial charge in [-0.2, -0.15) is 4.98 Å². The summed E-state index contributed by atoms with van der Waals surface area (Å²) in [5.74, 6) is 3.13. The van der Waals surface area contributed by atoms with Gasteiger partial charge in [-0.1, -0.05) is 36.3 Å². The van der Waals surface area contributed by atoms with E-state index in [1.54, 1.807) is 0 Å². The smallest absolute Gasteiger partial charge is 0.229 e. The predicted molar refractivity (Wildman–Crippen MR) is 80.3 cm³/mol. The van der Waals surface area contributed by atoms with E-state index in [4.69, 9.17) is 9.51 Å². The Bertz CT molecular complexity index is 632. The average molecular weight is 283 g/mol. The third kappa shape index (κ3) is 2.38. The molecule has 2 unspecified atom stereocenters. The Morgan fingerprint density at radius 1 is 1.24 bits per heavy atom. The van der Waals surface area contributed by atoms with E-state index in [0.29, 0.717) is 17.8 Å². The molecule has 1 aromatic heterocycles. The van der Waals surface area contributed by atoms with Gasteiger partial charge in [0.1, 0.15) is 0 Å². The lowest BCUT2D eigenvalue weighted by atomic mass is 9.83. The van der Waals surface area contributed by atoms with Crippen molar-refractivity contribution in [2.45, 2.75) is 38.0 Å². The monoisotopic (exact) mass is 283 g/mol. The molecule has 0 radical (unpaired) electrons. The van der Waals surface area contributed by atoms with Crippen LogP contribution in [-0.2, 0) is 12.8 Å². The normalized spacial score (nSPS) is 23.4. The number of benzene rings is 1. The Hall–Kier alpha value is -1.68. The second kappa shape index (κ2) is 5.26. The van der Waals surface area contributed by atoms with Crippen LogP contribution in [0.3, 0.4) is 0 Å². The molecule has 4 rings (SSSR count). The van der Waals surface area contributed by atoms with Gasteiger partial charge in [-0.05, 0) is 49.4 Å². The summed E-state index contributed by atoms with van der Waals surface area (Å²) in [6.07, 6.45) is 3.27. The molecule has 1 saturated heterocycles. The van der Waals surface area contributed by atoms with Gasteiger partial charge in [0, 0.05) is 11.8 Å². The maximum Gasteiger partial charge on any atom is 0.229 e. The number of hydrogen-bond donors (Lipinski definition) is 1. The highest BCUT2D eigenvalue weighted by Gasteiger charge is 2.30. The first-order chi connectivity index (χ1) is 10.3. The summed E-state index contributed by atoms with van der Waals surface area (Å²) in [7, 11) is 0. The molecule has 4 nitrogen and oxygen atoms in total. The molecule has 2 heterocycles. The summed E-state index contributed by atoms with van der Waals surface area (Å²) in [4.78, 5) is 4.70. The fourth-order valence-corrected chi connectivity index (χ4v) is 3.38. The summed E-state index contributed by atoms with van der Waals surface area (Å²) >= 11 is 0. The largest absolute Gasteiger partial charge is 0.339 e. The van der Waals surface area contributed by atoms with Crippen molar-refractivity contribution < 1.29 is 4.52 Å². The molecule has 1 fully saturated rings. The van der Waals surface area contributed by atoms with Crippen LogP contribution in [0, 0.1) is 5.92 Å². The number of aromatic nitrogens is 2. The van der Waals surface area contributed by atoms with Crippen molar-refractivity contribution in [1.82, 2.24) is 15.5 Å². The highest BCUT2D eigenvalue weighted by Crippen LogP contribution is 2.33. The van der Waals surface area contributed by atoms with Gasteiger partial charge in [0.25, 0.3) is 0 Å². The Kier molecular flexibility index (Phi) is 3.26.